The molecule has 0 bridgehead atoms. The number of hydrogen-bond donors (Lipinski definition) is 7. The molecule has 0 aromatic rings. The first-order chi connectivity index (χ1) is 25.3. The summed E-state index contributed by atoms with van der Waals surface area (Å²) >= 11 is 0. The summed E-state index contributed by atoms with van der Waals surface area (Å²) in [5.41, 5.74) is 0. The molecule has 0 radical (unpaired) electrons. The Labute approximate surface area is 316 Å². The van der Waals surface area contributed by atoms with Crippen LogP contribution in [0.4, 0.5) is 0 Å². The molecule has 52 heavy (non-hydrogen) atoms. The Morgan fingerprint density at radius 2 is 1.17 bits per heavy atom. The van der Waals surface area contributed by atoms with Crippen molar-refractivity contribution in [3.05, 3.63) is 24.3 Å². The average Bonchev–Trinajstić information content (AvgIpc) is 3.14. The monoisotopic (exact) mass is 742 g/mol. The van der Waals surface area contributed by atoms with E-state index in [2.05, 4.69) is 43.5 Å². The van der Waals surface area contributed by atoms with E-state index >= 15 is 0 Å². The van der Waals surface area contributed by atoms with Gasteiger partial charge >= 0.3 is 0 Å². The van der Waals surface area contributed by atoms with Crippen molar-refractivity contribution in [1.82, 2.24) is 5.32 Å². The molecule has 1 rings (SSSR count). The molecule has 8 atom stereocenters. The van der Waals surface area contributed by atoms with Crippen LogP contribution in [0.5, 0.6) is 0 Å². The minimum atomic E-state index is -1.61. The lowest BCUT2D eigenvalue weighted by atomic mass is 9.98. The largest absolute Gasteiger partial charge is 0.394 e. The van der Waals surface area contributed by atoms with Crippen LogP contribution in [0, 0.1) is 0 Å². The summed E-state index contributed by atoms with van der Waals surface area (Å²) in [6.07, 6.45) is 26.1. The zero-order chi connectivity index (χ0) is 38.2. The topological polar surface area (TPSA) is 169 Å². The number of amides is 1. The SMILES string of the molecule is CCCCC/C=C\C/C=C\CCCCCCCC(=O)N[C@@H](COC1OC(CO)C(O)C(O)C1O)[C@H](O)[C@H](O)CCCCCCCCCCCCCC. The highest BCUT2D eigenvalue weighted by molar-refractivity contribution is 5.76. The number of nitrogens with one attached hydrogen (secondary N) is 1. The third-order valence-electron chi connectivity index (χ3n) is 10.1. The smallest absolute Gasteiger partial charge is 0.220 e. The molecule has 5 unspecified atom stereocenters. The molecule has 0 aromatic heterocycles. The molecule has 1 heterocycles. The number of ether oxygens (including phenoxy) is 2. The molecule has 0 aromatic carbocycles. The zero-order valence-electron chi connectivity index (χ0n) is 32.9. The van der Waals surface area contributed by atoms with Crippen LogP contribution in [-0.2, 0) is 14.3 Å². The maximum absolute atomic E-state index is 12.9. The van der Waals surface area contributed by atoms with Crippen molar-refractivity contribution < 1.29 is 44.9 Å². The van der Waals surface area contributed by atoms with Crippen LogP contribution < -0.4 is 5.32 Å². The Balaban J connectivity index is 2.47. The fraction of sp³-hybridized carbons (Fsp3) is 0.881. The van der Waals surface area contributed by atoms with Crippen molar-refractivity contribution in [3.63, 3.8) is 0 Å². The fourth-order valence-electron chi connectivity index (χ4n) is 6.64. The Morgan fingerprint density at radius 3 is 1.75 bits per heavy atom. The van der Waals surface area contributed by atoms with Crippen molar-refractivity contribution in [2.24, 2.45) is 0 Å². The highest BCUT2D eigenvalue weighted by Gasteiger charge is 2.44. The highest BCUT2D eigenvalue weighted by Crippen LogP contribution is 2.23. The summed E-state index contributed by atoms with van der Waals surface area (Å²) in [7, 11) is 0. The quantitative estimate of drug-likeness (QED) is 0.0274. The van der Waals surface area contributed by atoms with Crippen molar-refractivity contribution >= 4 is 5.91 Å². The van der Waals surface area contributed by atoms with Crippen LogP contribution in [0.1, 0.15) is 174 Å². The molecule has 10 nitrogen and oxygen atoms in total. The van der Waals surface area contributed by atoms with Gasteiger partial charge in [0.25, 0.3) is 0 Å². The van der Waals surface area contributed by atoms with Crippen LogP contribution in [-0.4, -0.2) is 98.7 Å². The Bertz CT molecular complexity index is 886. The summed E-state index contributed by atoms with van der Waals surface area (Å²) in [6, 6.07) is -0.995. The van der Waals surface area contributed by atoms with Gasteiger partial charge in [-0.15, -0.1) is 0 Å². The van der Waals surface area contributed by atoms with E-state index in [9.17, 15) is 35.4 Å². The summed E-state index contributed by atoms with van der Waals surface area (Å²) < 4.78 is 11.1. The fourth-order valence-corrected chi connectivity index (χ4v) is 6.64. The van der Waals surface area contributed by atoms with E-state index in [0.29, 0.717) is 12.8 Å². The van der Waals surface area contributed by atoms with Gasteiger partial charge in [0, 0.05) is 6.42 Å². The molecular weight excluding hydrogens is 662 g/mol. The van der Waals surface area contributed by atoms with E-state index in [-0.39, 0.29) is 18.9 Å². The van der Waals surface area contributed by atoms with Gasteiger partial charge in [0.2, 0.25) is 5.91 Å². The van der Waals surface area contributed by atoms with Crippen molar-refractivity contribution in [3.8, 4) is 0 Å². The van der Waals surface area contributed by atoms with Crippen molar-refractivity contribution in [2.45, 2.75) is 223 Å². The van der Waals surface area contributed by atoms with E-state index in [1.807, 2.05) is 0 Å². The summed E-state index contributed by atoms with van der Waals surface area (Å²) in [5, 5.41) is 64.9. The average molecular weight is 742 g/mol. The molecule has 1 aliphatic heterocycles. The lowest BCUT2D eigenvalue weighted by molar-refractivity contribution is -0.303. The molecule has 1 amide bonds. The van der Waals surface area contributed by atoms with Crippen LogP contribution in [0.3, 0.4) is 0 Å². The van der Waals surface area contributed by atoms with Gasteiger partial charge in [-0.1, -0.05) is 147 Å². The maximum Gasteiger partial charge on any atom is 0.220 e. The van der Waals surface area contributed by atoms with E-state index in [4.69, 9.17) is 9.47 Å². The van der Waals surface area contributed by atoms with Crippen LogP contribution >= 0.6 is 0 Å². The van der Waals surface area contributed by atoms with Gasteiger partial charge in [0.15, 0.2) is 6.29 Å². The molecule has 0 saturated carbocycles. The second-order valence-corrected chi connectivity index (χ2v) is 14.9. The number of hydrogen-bond acceptors (Lipinski definition) is 9. The van der Waals surface area contributed by atoms with Crippen molar-refractivity contribution in [1.29, 1.82) is 0 Å². The lowest BCUT2D eigenvalue weighted by Crippen LogP contribution is -2.60. The number of rotatable bonds is 34. The zero-order valence-corrected chi connectivity index (χ0v) is 32.9. The number of unbranched alkanes of at least 4 members (excludes halogenated alkanes) is 19. The van der Waals surface area contributed by atoms with Gasteiger partial charge < -0.3 is 45.4 Å². The minimum absolute atomic E-state index is 0.266. The Kier molecular flexibility index (Phi) is 30.9. The molecule has 0 aliphatic carbocycles. The number of aliphatic hydroxyl groups excluding tert-OH is 6. The first kappa shape index (κ1) is 48.6. The van der Waals surface area contributed by atoms with E-state index in [0.717, 1.165) is 64.2 Å². The molecule has 1 fully saturated rings. The molecule has 7 N–H and O–H groups in total. The Hall–Kier alpha value is -1.37. The third-order valence-corrected chi connectivity index (χ3v) is 10.1. The van der Waals surface area contributed by atoms with Crippen LogP contribution in [0.2, 0.25) is 0 Å². The Morgan fingerprint density at radius 1 is 0.673 bits per heavy atom. The van der Waals surface area contributed by atoms with Gasteiger partial charge in [-0.2, -0.15) is 0 Å². The maximum atomic E-state index is 12.9. The number of aliphatic hydroxyl groups is 6. The molecule has 1 aliphatic rings. The normalized spacial score (nSPS) is 22.7. The molecule has 10 heteroatoms. The molecule has 0 spiro atoms. The minimum Gasteiger partial charge on any atom is -0.394 e. The van der Waals surface area contributed by atoms with E-state index < -0.39 is 55.6 Å². The summed E-state index contributed by atoms with van der Waals surface area (Å²) in [4.78, 5) is 12.9. The van der Waals surface area contributed by atoms with Crippen LogP contribution in [0.25, 0.3) is 0 Å². The lowest BCUT2D eigenvalue weighted by Gasteiger charge is -2.40. The van der Waals surface area contributed by atoms with Gasteiger partial charge in [-0.25, -0.2) is 0 Å². The predicted octanol–water partition coefficient (Wildman–Crippen LogP) is 6.91. The standard InChI is InChI=1S/C42H79NO9/c1-3-5-7-9-11-13-15-17-18-19-21-23-25-27-29-31-37(46)43-34(33-51-42-41(50)40(49)39(48)36(32-44)52-42)38(47)35(45)30-28-26-24-22-20-16-14-12-10-8-6-4-2/h11,13,17-18,34-36,38-42,44-45,47-50H,3-10,12,14-16,19-33H2,1-2H3,(H,43,46)/b13-11-,18-17-/t34-,35+,36?,38-,39?,40?,41?,42?/m0/s1. The van der Waals surface area contributed by atoms with Gasteiger partial charge in [-0.3, -0.25) is 4.79 Å². The van der Waals surface area contributed by atoms with Gasteiger partial charge in [0.1, 0.15) is 30.5 Å². The van der Waals surface area contributed by atoms with Crippen molar-refractivity contribution in [2.75, 3.05) is 13.2 Å². The van der Waals surface area contributed by atoms with E-state index in [1.165, 1.54) is 77.0 Å². The second-order valence-electron chi connectivity index (χ2n) is 14.9. The summed E-state index contributed by atoms with van der Waals surface area (Å²) in [5.74, 6) is -0.273. The van der Waals surface area contributed by atoms with E-state index in [1.54, 1.807) is 0 Å². The van der Waals surface area contributed by atoms with Gasteiger partial charge in [-0.05, 0) is 44.9 Å². The first-order valence-electron chi connectivity index (χ1n) is 21.1. The first-order valence-corrected chi connectivity index (χ1v) is 21.1. The highest BCUT2D eigenvalue weighted by atomic mass is 16.7. The predicted molar refractivity (Wildman–Crippen MR) is 209 cm³/mol. The molecule has 1 saturated heterocycles. The number of allylic oxidation sites excluding steroid dienone is 4. The molecular formula is C42H79NO9. The number of carbonyl (C=O) groups is 1. The third kappa shape index (κ3) is 23.4. The number of carbonyl (C=O) groups excluding carboxylic acids is 1. The summed E-state index contributed by atoms with van der Waals surface area (Å²) in [6.45, 7) is 3.54. The van der Waals surface area contributed by atoms with Crippen LogP contribution in [0.15, 0.2) is 24.3 Å². The second kappa shape index (κ2) is 33.0. The molecule has 306 valence electrons. The van der Waals surface area contributed by atoms with Gasteiger partial charge in [0.05, 0.1) is 25.4 Å².